The Hall–Kier alpha value is -1.11. The van der Waals surface area contributed by atoms with E-state index in [1.165, 1.54) is 0 Å². The van der Waals surface area contributed by atoms with Crippen molar-refractivity contribution in [3.63, 3.8) is 0 Å². The van der Waals surface area contributed by atoms with Crippen LogP contribution in [0.3, 0.4) is 0 Å². The van der Waals surface area contributed by atoms with Crippen LogP contribution < -0.4 is 0 Å². The highest BCUT2D eigenvalue weighted by Crippen LogP contribution is 2.33. The summed E-state index contributed by atoms with van der Waals surface area (Å²) in [6, 6.07) is 1.91. The van der Waals surface area contributed by atoms with Gasteiger partial charge in [0.05, 0.1) is 12.3 Å². The van der Waals surface area contributed by atoms with Crippen molar-refractivity contribution in [3.8, 4) is 11.3 Å². The molecule has 0 saturated heterocycles. The number of nitrogens with zero attached hydrogens (tertiary/aromatic N) is 4. The summed E-state index contributed by atoms with van der Waals surface area (Å²) in [6.45, 7) is 1.18. The summed E-state index contributed by atoms with van der Waals surface area (Å²) in [5.41, 5.74) is 1.79. The number of halogens is 1. The molecule has 7 heteroatoms. The molecule has 0 unspecified atom stereocenters. The molecule has 5 nitrogen and oxygen atoms in total. The minimum absolute atomic E-state index is 0.240. The summed E-state index contributed by atoms with van der Waals surface area (Å²) in [5.74, 6) is 1.09. The maximum atomic E-state index is 5.69. The average Bonchev–Trinajstić information content (AvgIpc) is 2.83. The molecule has 0 aromatic carbocycles. The van der Waals surface area contributed by atoms with Crippen LogP contribution in [-0.2, 0) is 11.5 Å². The van der Waals surface area contributed by atoms with E-state index in [0.717, 1.165) is 23.6 Å². The minimum atomic E-state index is -0.522. The third-order valence-electron chi connectivity index (χ3n) is 2.69. The Balaban J connectivity index is 1.97. The largest absolute Gasteiger partial charge is 0.358 e. The highest BCUT2D eigenvalue weighted by Gasteiger charge is 2.08. The van der Waals surface area contributed by atoms with Gasteiger partial charge in [0.2, 0.25) is 5.28 Å². The molecule has 2 aromatic heterocycles. The van der Waals surface area contributed by atoms with Crippen molar-refractivity contribution in [3.05, 3.63) is 29.9 Å². The maximum Gasteiger partial charge on any atom is 0.222 e. The van der Waals surface area contributed by atoms with Crippen molar-refractivity contribution in [1.82, 2.24) is 19.7 Å². The van der Waals surface area contributed by atoms with Gasteiger partial charge in [-0.15, -0.1) is 0 Å². The quantitative estimate of drug-likeness (QED) is 0.607. The normalized spacial score (nSPS) is 12.6. The van der Waals surface area contributed by atoms with E-state index in [1.54, 1.807) is 23.3 Å². The Morgan fingerprint density at radius 1 is 1.25 bits per heavy atom. The Morgan fingerprint density at radius 2 is 1.95 bits per heavy atom. The summed E-state index contributed by atoms with van der Waals surface area (Å²) in [6.07, 6.45) is 11.9. The van der Waals surface area contributed by atoms with Gasteiger partial charge in [-0.2, -0.15) is 5.10 Å². The Bertz CT molecular complexity index is 550. The molecule has 20 heavy (non-hydrogen) atoms. The molecular weight excluding hydrogens is 296 g/mol. The minimum Gasteiger partial charge on any atom is -0.358 e. The third-order valence-corrected chi connectivity index (χ3v) is 4.27. The van der Waals surface area contributed by atoms with E-state index in [-0.39, 0.29) is 5.28 Å². The molecule has 0 aliphatic heterocycles. The SMILES string of the molecule is CS(C)(C)CCOCn1nccc1-c1cnc(Cl)nc1. The summed E-state index contributed by atoms with van der Waals surface area (Å²) < 4.78 is 7.49. The Morgan fingerprint density at radius 3 is 2.60 bits per heavy atom. The molecule has 2 aromatic rings. The van der Waals surface area contributed by atoms with Crippen LogP contribution in [0.4, 0.5) is 0 Å². The zero-order valence-electron chi connectivity index (χ0n) is 11.9. The van der Waals surface area contributed by atoms with Gasteiger partial charge in [0, 0.05) is 29.9 Å². The summed E-state index contributed by atoms with van der Waals surface area (Å²) in [7, 11) is -0.522. The van der Waals surface area contributed by atoms with Crippen molar-refractivity contribution in [2.24, 2.45) is 0 Å². The lowest BCUT2D eigenvalue weighted by Gasteiger charge is -2.24. The fourth-order valence-corrected chi connectivity index (χ4v) is 2.30. The van der Waals surface area contributed by atoms with Crippen LogP contribution in [0.1, 0.15) is 0 Å². The molecule has 2 heterocycles. The predicted molar refractivity (Wildman–Crippen MR) is 84.4 cm³/mol. The van der Waals surface area contributed by atoms with Crippen LogP contribution in [0, 0.1) is 0 Å². The summed E-state index contributed by atoms with van der Waals surface area (Å²) >= 11 is 5.69. The van der Waals surface area contributed by atoms with Crippen molar-refractivity contribution < 1.29 is 4.74 Å². The predicted octanol–water partition coefficient (Wildman–Crippen LogP) is 2.66. The van der Waals surface area contributed by atoms with E-state index in [2.05, 4.69) is 33.8 Å². The molecule has 0 aliphatic rings. The lowest BCUT2D eigenvalue weighted by atomic mass is 10.2. The van der Waals surface area contributed by atoms with Gasteiger partial charge >= 0.3 is 0 Å². The van der Waals surface area contributed by atoms with Gasteiger partial charge in [-0.25, -0.2) is 24.7 Å². The van der Waals surface area contributed by atoms with Crippen LogP contribution in [0.25, 0.3) is 11.3 Å². The van der Waals surface area contributed by atoms with Crippen LogP contribution in [0.15, 0.2) is 24.7 Å². The highest BCUT2D eigenvalue weighted by atomic mass is 35.5. The number of aromatic nitrogens is 4. The van der Waals surface area contributed by atoms with Gasteiger partial charge in [0.15, 0.2) is 0 Å². The van der Waals surface area contributed by atoms with E-state index >= 15 is 0 Å². The second-order valence-electron chi connectivity index (χ2n) is 5.29. The van der Waals surface area contributed by atoms with Gasteiger partial charge in [-0.1, -0.05) is 0 Å². The molecule has 0 amide bonds. The molecule has 0 fully saturated rings. The van der Waals surface area contributed by atoms with E-state index in [9.17, 15) is 0 Å². The summed E-state index contributed by atoms with van der Waals surface area (Å²) in [4.78, 5) is 7.96. The molecule has 2 rings (SSSR count). The second kappa shape index (κ2) is 6.56. The van der Waals surface area contributed by atoms with Crippen molar-refractivity contribution >= 4 is 21.6 Å². The van der Waals surface area contributed by atoms with Gasteiger partial charge in [0.1, 0.15) is 6.73 Å². The number of ether oxygens (including phenoxy) is 1. The number of hydrogen-bond acceptors (Lipinski definition) is 4. The lowest BCUT2D eigenvalue weighted by Crippen LogP contribution is -2.11. The van der Waals surface area contributed by atoms with Crippen molar-refractivity contribution in [2.75, 3.05) is 31.1 Å². The Kier molecular flexibility index (Phi) is 5.01. The first kappa shape index (κ1) is 15.3. The van der Waals surface area contributed by atoms with Gasteiger partial charge in [0.25, 0.3) is 0 Å². The first-order chi connectivity index (χ1) is 9.46. The molecule has 110 valence electrons. The maximum absolute atomic E-state index is 5.69. The number of hydrogen-bond donors (Lipinski definition) is 0. The smallest absolute Gasteiger partial charge is 0.222 e. The van der Waals surface area contributed by atoms with Gasteiger partial charge < -0.3 is 4.74 Å². The Labute approximate surface area is 125 Å². The van der Waals surface area contributed by atoms with Crippen molar-refractivity contribution in [1.29, 1.82) is 0 Å². The first-order valence-electron chi connectivity index (χ1n) is 6.19. The van der Waals surface area contributed by atoms with Crippen LogP contribution in [0.5, 0.6) is 0 Å². The fourth-order valence-electron chi connectivity index (χ4n) is 1.59. The molecule has 0 radical (unpaired) electrons. The number of rotatable bonds is 6. The highest BCUT2D eigenvalue weighted by molar-refractivity contribution is 8.32. The van der Waals surface area contributed by atoms with Crippen LogP contribution >= 0.6 is 21.6 Å². The van der Waals surface area contributed by atoms with Crippen molar-refractivity contribution in [2.45, 2.75) is 6.73 Å². The van der Waals surface area contributed by atoms with Gasteiger partial charge in [-0.3, -0.25) is 0 Å². The molecule has 0 saturated carbocycles. The topological polar surface area (TPSA) is 52.8 Å². The molecule has 0 atom stereocenters. The third kappa shape index (κ3) is 4.47. The van der Waals surface area contributed by atoms with Crippen LogP contribution in [-0.4, -0.2) is 50.9 Å². The van der Waals surface area contributed by atoms with E-state index < -0.39 is 10.0 Å². The summed E-state index contributed by atoms with van der Waals surface area (Å²) in [5, 5.41) is 4.50. The molecule has 0 aliphatic carbocycles. The average molecular weight is 315 g/mol. The second-order valence-corrected chi connectivity index (χ2v) is 10.2. The molecular formula is C13H19ClN4OS. The molecule has 0 bridgehead atoms. The zero-order valence-corrected chi connectivity index (χ0v) is 13.5. The fraction of sp³-hybridized carbons (Fsp3) is 0.462. The molecule has 0 spiro atoms. The van der Waals surface area contributed by atoms with Gasteiger partial charge in [-0.05, 0) is 36.4 Å². The van der Waals surface area contributed by atoms with Crippen LogP contribution in [0.2, 0.25) is 5.28 Å². The standard InChI is InChI=1S/C13H19ClN4OS/c1-20(2,3)7-6-19-10-18-12(4-5-17-18)11-8-15-13(14)16-9-11/h4-5,8-9H,6-7,10H2,1-3H3. The first-order valence-corrected chi connectivity index (χ1v) is 9.60. The molecule has 0 N–H and O–H groups in total. The monoisotopic (exact) mass is 314 g/mol. The van der Waals surface area contributed by atoms with E-state index in [4.69, 9.17) is 16.3 Å². The lowest BCUT2D eigenvalue weighted by molar-refractivity contribution is 0.0821. The van der Waals surface area contributed by atoms with E-state index in [1.807, 2.05) is 6.07 Å². The zero-order chi connectivity index (χ0) is 14.6. The van der Waals surface area contributed by atoms with E-state index in [0.29, 0.717) is 6.73 Å².